The summed E-state index contributed by atoms with van der Waals surface area (Å²) in [6.07, 6.45) is 6.28. The average Bonchev–Trinajstić information content (AvgIpc) is 2.68. The maximum absolute atomic E-state index is 4.22. The van der Waals surface area contributed by atoms with Gasteiger partial charge in [-0.2, -0.15) is 0 Å². The molecule has 1 saturated heterocycles. The van der Waals surface area contributed by atoms with Gasteiger partial charge in [0.05, 0.1) is 5.54 Å². The van der Waals surface area contributed by atoms with E-state index in [1.165, 1.54) is 18.4 Å². The van der Waals surface area contributed by atoms with Gasteiger partial charge in [0.15, 0.2) is 0 Å². The number of pyridine rings is 1. The lowest BCUT2D eigenvalue weighted by Crippen LogP contribution is -2.45. The molecule has 82 valence electrons. The fraction of sp³-hybridized carbons (Fsp3) is 0.583. The van der Waals surface area contributed by atoms with E-state index in [0.29, 0.717) is 0 Å². The van der Waals surface area contributed by atoms with Crippen LogP contribution in [0.4, 0.5) is 0 Å². The van der Waals surface area contributed by atoms with Crippen LogP contribution in [0.2, 0.25) is 0 Å². The van der Waals surface area contributed by atoms with Crippen LogP contribution < -0.4 is 5.32 Å². The minimum absolute atomic E-state index is 0.123. The predicted molar refractivity (Wildman–Crippen MR) is 61.7 cm³/mol. The summed E-state index contributed by atoms with van der Waals surface area (Å²) in [5, 5.41) is 3.64. The monoisotopic (exact) mass is 205 g/mol. The van der Waals surface area contributed by atoms with Crippen molar-refractivity contribution in [2.45, 2.75) is 18.4 Å². The van der Waals surface area contributed by atoms with Gasteiger partial charge in [-0.25, -0.2) is 0 Å². The molecule has 0 bridgehead atoms. The minimum atomic E-state index is 0.123. The fourth-order valence-electron chi connectivity index (χ4n) is 2.46. The van der Waals surface area contributed by atoms with Gasteiger partial charge in [0.25, 0.3) is 0 Å². The van der Waals surface area contributed by atoms with Crippen molar-refractivity contribution in [3.63, 3.8) is 0 Å². The first-order chi connectivity index (χ1) is 7.23. The van der Waals surface area contributed by atoms with Gasteiger partial charge < -0.3 is 10.2 Å². The molecule has 0 radical (unpaired) electrons. The molecule has 1 aliphatic heterocycles. The first-order valence-electron chi connectivity index (χ1n) is 5.53. The van der Waals surface area contributed by atoms with Crippen LogP contribution in [0.5, 0.6) is 0 Å². The third kappa shape index (κ3) is 2.19. The van der Waals surface area contributed by atoms with Crippen molar-refractivity contribution >= 4 is 0 Å². The Morgan fingerprint density at radius 2 is 2.40 bits per heavy atom. The van der Waals surface area contributed by atoms with Gasteiger partial charge >= 0.3 is 0 Å². The van der Waals surface area contributed by atoms with E-state index in [1.807, 2.05) is 18.5 Å². The van der Waals surface area contributed by atoms with Crippen molar-refractivity contribution in [2.24, 2.45) is 0 Å². The number of nitrogens with zero attached hydrogens (tertiary/aromatic N) is 2. The zero-order valence-corrected chi connectivity index (χ0v) is 9.53. The molecule has 0 aliphatic carbocycles. The Balaban J connectivity index is 2.26. The molecule has 1 fully saturated rings. The van der Waals surface area contributed by atoms with Crippen molar-refractivity contribution in [1.29, 1.82) is 0 Å². The lowest BCUT2D eigenvalue weighted by Gasteiger charge is -2.32. The Kier molecular flexibility index (Phi) is 3.03. The van der Waals surface area contributed by atoms with Crippen LogP contribution in [0.3, 0.4) is 0 Å². The summed E-state index contributed by atoms with van der Waals surface area (Å²) in [5.41, 5.74) is 1.44. The van der Waals surface area contributed by atoms with E-state index in [-0.39, 0.29) is 5.54 Å². The lowest BCUT2D eigenvalue weighted by atomic mass is 9.89. The summed E-state index contributed by atoms with van der Waals surface area (Å²) in [5.74, 6) is 0. The van der Waals surface area contributed by atoms with Crippen LogP contribution in [0.1, 0.15) is 18.4 Å². The number of nitrogens with one attached hydrogen (secondary N) is 1. The molecule has 0 amide bonds. The highest BCUT2D eigenvalue weighted by molar-refractivity contribution is 5.23. The van der Waals surface area contributed by atoms with Gasteiger partial charge in [0, 0.05) is 18.9 Å². The summed E-state index contributed by atoms with van der Waals surface area (Å²) in [6.45, 7) is 2.15. The summed E-state index contributed by atoms with van der Waals surface area (Å²) in [7, 11) is 4.25. The van der Waals surface area contributed by atoms with Crippen molar-refractivity contribution in [1.82, 2.24) is 15.2 Å². The predicted octanol–water partition coefficient (Wildman–Crippen LogP) is 1.22. The van der Waals surface area contributed by atoms with E-state index >= 15 is 0 Å². The van der Waals surface area contributed by atoms with Crippen LogP contribution in [0, 0.1) is 0 Å². The van der Waals surface area contributed by atoms with Gasteiger partial charge in [-0.1, -0.05) is 6.07 Å². The molecule has 0 aromatic carbocycles. The van der Waals surface area contributed by atoms with Gasteiger partial charge in [-0.05, 0) is 45.1 Å². The van der Waals surface area contributed by atoms with Gasteiger partial charge in [0.2, 0.25) is 0 Å². The Bertz CT molecular complexity index is 302. The van der Waals surface area contributed by atoms with E-state index in [4.69, 9.17) is 0 Å². The quantitative estimate of drug-likeness (QED) is 0.804. The molecule has 15 heavy (non-hydrogen) atoms. The van der Waals surface area contributed by atoms with Crippen LogP contribution in [0.25, 0.3) is 0 Å². The molecular weight excluding hydrogens is 186 g/mol. The second-order valence-corrected chi connectivity index (χ2v) is 4.59. The minimum Gasteiger partial charge on any atom is -0.307 e. The summed E-state index contributed by atoms with van der Waals surface area (Å²) < 4.78 is 0. The molecule has 0 spiro atoms. The lowest BCUT2D eigenvalue weighted by molar-refractivity contribution is 0.259. The molecule has 1 aliphatic rings. The number of hydrogen-bond acceptors (Lipinski definition) is 3. The normalized spacial score (nSPS) is 26.1. The van der Waals surface area contributed by atoms with Gasteiger partial charge in [0.1, 0.15) is 0 Å². The number of likely N-dealkylation sites (N-methyl/N-ethyl adjacent to an activating group) is 1. The molecule has 3 heteroatoms. The first kappa shape index (κ1) is 10.6. The zero-order valence-electron chi connectivity index (χ0n) is 9.53. The molecule has 1 unspecified atom stereocenters. The molecule has 1 aromatic heterocycles. The van der Waals surface area contributed by atoms with Crippen LogP contribution in [0.15, 0.2) is 24.5 Å². The zero-order chi connectivity index (χ0) is 10.7. The van der Waals surface area contributed by atoms with Crippen LogP contribution >= 0.6 is 0 Å². The van der Waals surface area contributed by atoms with Crippen LogP contribution in [-0.4, -0.2) is 37.1 Å². The number of aromatic nitrogens is 1. The molecule has 1 atom stereocenters. The molecule has 2 heterocycles. The van der Waals surface area contributed by atoms with E-state index in [9.17, 15) is 0 Å². The SMILES string of the molecule is CN(C)CC1(c2cccnc2)CCCN1. The maximum atomic E-state index is 4.22. The Morgan fingerprint density at radius 3 is 2.93 bits per heavy atom. The topological polar surface area (TPSA) is 28.2 Å². The molecule has 3 nitrogen and oxygen atoms in total. The van der Waals surface area contributed by atoms with Gasteiger partial charge in [-0.15, -0.1) is 0 Å². The van der Waals surface area contributed by atoms with Crippen molar-refractivity contribution in [3.05, 3.63) is 30.1 Å². The van der Waals surface area contributed by atoms with E-state index in [1.54, 1.807) is 0 Å². The molecule has 2 rings (SSSR count). The largest absolute Gasteiger partial charge is 0.307 e. The summed E-state index contributed by atoms with van der Waals surface area (Å²) >= 11 is 0. The molecule has 1 N–H and O–H groups in total. The first-order valence-corrected chi connectivity index (χ1v) is 5.53. The average molecular weight is 205 g/mol. The van der Waals surface area contributed by atoms with E-state index in [2.05, 4.69) is 35.4 Å². The summed E-state index contributed by atoms with van der Waals surface area (Å²) in [6, 6.07) is 4.20. The molecule has 1 aromatic rings. The highest BCUT2D eigenvalue weighted by atomic mass is 15.1. The third-order valence-corrected chi connectivity index (χ3v) is 3.04. The van der Waals surface area contributed by atoms with Crippen LogP contribution in [-0.2, 0) is 5.54 Å². The second kappa shape index (κ2) is 4.29. The Labute approximate surface area is 91.5 Å². The van der Waals surface area contributed by atoms with Crippen molar-refractivity contribution in [2.75, 3.05) is 27.2 Å². The highest BCUT2D eigenvalue weighted by Gasteiger charge is 2.35. The summed E-state index contributed by atoms with van der Waals surface area (Å²) in [4.78, 5) is 6.46. The third-order valence-electron chi connectivity index (χ3n) is 3.04. The van der Waals surface area contributed by atoms with Crippen molar-refractivity contribution < 1.29 is 0 Å². The highest BCUT2D eigenvalue weighted by Crippen LogP contribution is 2.30. The molecular formula is C12H19N3. The fourth-order valence-corrected chi connectivity index (χ4v) is 2.46. The number of hydrogen-bond donors (Lipinski definition) is 1. The smallest absolute Gasteiger partial charge is 0.0578 e. The second-order valence-electron chi connectivity index (χ2n) is 4.59. The standard InChI is InChI=1S/C12H19N3/c1-15(2)10-12(6-4-8-14-12)11-5-3-7-13-9-11/h3,5,7,9,14H,4,6,8,10H2,1-2H3. The van der Waals surface area contributed by atoms with E-state index < -0.39 is 0 Å². The van der Waals surface area contributed by atoms with E-state index in [0.717, 1.165) is 13.1 Å². The number of rotatable bonds is 3. The maximum Gasteiger partial charge on any atom is 0.0578 e. The van der Waals surface area contributed by atoms with Crippen molar-refractivity contribution in [3.8, 4) is 0 Å². The Morgan fingerprint density at radius 1 is 1.53 bits per heavy atom. The molecule has 0 saturated carbocycles. The van der Waals surface area contributed by atoms with Gasteiger partial charge in [-0.3, -0.25) is 4.98 Å². The Hall–Kier alpha value is -0.930.